The number of hydrogen-bond acceptors (Lipinski definition) is 3. The molecule has 1 aromatic heterocycles. The number of H-pyrrole nitrogens is 1. The molecule has 0 fully saturated rings. The Morgan fingerprint density at radius 2 is 1.68 bits per heavy atom. The monoisotopic (exact) mass is 411 g/mol. The summed E-state index contributed by atoms with van der Waals surface area (Å²) in [7, 11) is -4.12. The first-order chi connectivity index (χ1) is 13.2. The number of sulfonamides is 1. The molecule has 146 valence electrons. The van der Waals surface area contributed by atoms with Gasteiger partial charge in [-0.2, -0.15) is 22.6 Å². The second kappa shape index (κ2) is 6.42. The minimum atomic E-state index is -4.56. The molecule has 0 saturated carbocycles. The lowest BCUT2D eigenvalue weighted by Gasteiger charge is -2.25. The van der Waals surface area contributed by atoms with Crippen LogP contribution >= 0.6 is 0 Å². The zero-order valence-corrected chi connectivity index (χ0v) is 14.9. The van der Waals surface area contributed by atoms with Crippen LogP contribution in [0.15, 0.2) is 59.6 Å². The van der Waals surface area contributed by atoms with Crippen molar-refractivity contribution in [3.8, 4) is 0 Å². The number of hydrogen-bond donors (Lipinski definition) is 1. The summed E-state index contributed by atoms with van der Waals surface area (Å²) in [5.74, 6) is -0.466. The zero-order chi connectivity index (χ0) is 20.1. The van der Waals surface area contributed by atoms with Gasteiger partial charge in [-0.3, -0.25) is 5.10 Å². The van der Waals surface area contributed by atoms with Crippen LogP contribution in [0.25, 0.3) is 0 Å². The fraction of sp³-hybridized carbons (Fsp3) is 0.167. The molecular formula is C18H13F4N3O2S. The Labute approximate surface area is 157 Å². The van der Waals surface area contributed by atoms with Crippen molar-refractivity contribution in [1.29, 1.82) is 0 Å². The van der Waals surface area contributed by atoms with Crippen molar-refractivity contribution in [3.05, 3.63) is 82.9 Å². The number of aromatic nitrogens is 2. The molecule has 1 aliphatic heterocycles. The zero-order valence-electron chi connectivity index (χ0n) is 14.1. The molecule has 2 heterocycles. The van der Waals surface area contributed by atoms with Gasteiger partial charge < -0.3 is 0 Å². The minimum Gasteiger partial charge on any atom is -0.281 e. The maximum Gasteiger partial charge on any atom is 0.416 e. The number of nitrogens with zero attached hydrogens (tertiary/aromatic N) is 2. The lowest BCUT2D eigenvalue weighted by Crippen LogP contribution is -2.30. The summed E-state index contributed by atoms with van der Waals surface area (Å²) in [5.41, 5.74) is 0.779. The molecule has 1 aliphatic rings. The maximum absolute atomic E-state index is 13.3. The van der Waals surface area contributed by atoms with E-state index in [4.69, 9.17) is 0 Å². The number of aromatic amines is 1. The number of fused-ring (bicyclic) bond motifs is 1. The van der Waals surface area contributed by atoms with Crippen LogP contribution in [0.3, 0.4) is 0 Å². The Morgan fingerprint density at radius 1 is 1.04 bits per heavy atom. The van der Waals surface area contributed by atoms with Crippen LogP contribution < -0.4 is 0 Å². The highest BCUT2D eigenvalue weighted by atomic mass is 32.2. The highest BCUT2D eigenvalue weighted by molar-refractivity contribution is 7.89. The summed E-state index contributed by atoms with van der Waals surface area (Å²) >= 11 is 0. The van der Waals surface area contributed by atoms with Crippen LogP contribution in [0.2, 0.25) is 0 Å². The number of nitrogens with one attached hydrogen (secondary N) is 1. The smallest absolute Gasteiger partial charge is 0.281 e. The van der Waals surface area contributed by atoms with Gasteiger partial charge in [-0.15, -0.1) is 0 Å². The largest absolute Gasteiger partial charge is 0.416 e. The Bertz CT molecular complexity index is 1110. The van der Waals surface area contributed by atoms with Crippen LogP contribution in [-0.2, 0) is 22.7 Å². The van der Waals surface area contributed by atoms with Crippen LogP contribution in [-0.4, -0.2) is 22.9 Å². The van der Waals surface area contributed by atoms with Crippen molar-refractivity contribution in [2.45, 2.75) is 23.7 Å². The van der Waals surface area contributed by atoms with E-state index in [1.54, 1.807) is 0 Å². The maximum atomic E-state index is 13.3. The van der Waals surface area contributed by atoms with Gasteiger partial charge in [0.1, 0.15) is 5.82 Å². The molecular weight excluding hydrogens is 398 g/mol. The molecule has 0 saturated heterocycles. The van der Waals surface area contributed by atoms with Crippen molar-refractivity contribution in [1.82, 2.24) is 14.5 Å². The fourth-order valence-corrected chi connectivity index (χ4v) is 4.82. The predicted molar refractivity (Wildman–Crippen MR) is 91.0 cm³/mol. The molecule has 2 aromatic carbocycles. The first-order valence-electron chi connectivity index (χ1n) is 8.14. The molecule has 0 radical (unpaired) electrons. The number of halogens is 4. The summed E-state index contributed by atoms with van der Waals surface area (Å²) in [5, 5.41) is 6.65. The lowest BCUT2D eigenvalue weighted by molar-refractivity contribution is -0.137. The first kappa shape index (κ1) is 18.6. The number of benzene rings is 2. The van der Waals surface area contributed by atoms with Gasteiger partial charge in [0.15, 0.2) is 0 Å². The second-order valence-electron chi connectivity index (χ2n) is 6.33. The van der Waals surface area contributed by atoms with Gasteiger partial charge in [0.05, 0.1) is 34.9 Å². The average Bonchev–Trinajstić information content (AvgIpc) is 3.23. The molecule has 1 N–H and O–H groups in total. The third-order valence-corrected chi connectivity index (χ3v) is 6.45. The molecule has 0 aliphatic carbocycles. The Hall–Kier alpha value is -2.72. The van der Waals surface area contributed by atoms with Crippen molar-refractivity contribution in [3.63, 3.8) is 0 Å². The third kappa shape index (κ3) is 3.08. The number of rotatable bonds is 3. The van der Waals surface area contributed by atoms with Crippen molar-refractivity contribution < 1.29 is 26.0 Å². The molecule has 5 nitrogen and oxygen atoms in total. The summed E-state index contributed by atoms with van der Waals surface area (Å²) < 4.78 is 79.1. The van der Waals surface area contributed by atoms with Crippen LogP contribution in [0, 0.1) is 5.82 Å². The van der Waals surface area contributed by atoms with Crippen molar-refractivity contribution >= 4 is 10.0 Å². The fourth-order valence-electron chi connectivity index (χ4n) is 3.25. The predicted octanol–water partition coefficient (Wildman–Crippen LogP) is 3.86. The van der Waals surface area contributed by atoms with Crippen LogP contribution in [0.5, 0.6) is 0 Å². The van der Waals surface area contributed by atoms with E-state index >= 15 is 0 Å². The molecule has 1 unspecified atom stereocenters. The van der Waals surface area contributed by atoms with E-state index in [2.05, 4.69) is 10.2 Å². The van der Waals surface area contributed by atoms with E-state index in [1.165, 1.54) is 30.5 Å². The highest BCUT2D eigenvalue weighted by Crippen LogP contribution is 2.41. The average molecular weight is 411 g/mol. The van der Waals surface area contributed by atoms with E-state index < -0.39 is 33.6 Å². The molecule has 10 heteroatoms. The van der Waals surface area contributed by atoms with Crippen molar-refractivity contribution in [2.75, 3.05) is 0 Å². The minimum absolute atomic E-state index is 0.0271. The third-order valence-electron chi connectivity index (χ3n) is 4.62. The van der Waals surface area contributed by atoms with Gasteiger partial charge in [0, 0.05) is 5.56 Å². The summed E-state index contributed by atoms with van der Waals surface area (Å²) in [6.45, 7) is -0.0271. The molecule has 4 rings (SSSR count). The van der Waals surface area contributed by atoms with E-state index in [-0.39, 0.29) is 11.4 Å². The van der Waals surface area contributed by atoms with Gasteiger partial charge in [-0.25, -0.2) is 12.8 Å². The van der Waals surface area contributed by atoms with E-state index in [1.807, 2.05) is 0 Å². The SMILES string of the molecule is O=S(=O)(c1ccc(C(F)(F)F)cc1)N1Cc2[nH]ncc2C1c1ccc(F)cc1. The standard InChI is InChI=1S/C18H13F4N3O2S/c19-13-5-1-11(2-6-13)17-15-9-23-24-16(15)10-25(17)28(26,27)14-7-3-12(4-8-14)18(20,21)22/h1-9,17H,10H2,(H,23,24). The summed E-state index contributed by atoms with van der Waals surface area (Å²) in [6, 6.07) is 7.95. The highest BCUT2D eigenvalue weighted by Gasteiger charge is 2.41. The molecule has 1 atom stereocenters. The quantitative estimate of drug-likeness (QED) is 0.666. The molecule has 0 bridgehead atoms. The molecule has 3 aromatic rings. The normalized spacial score (nSPS) is 17.6. The van der Waals surface area contributed by atoms with Gasteiger partial charge in [-0.05, 0) is 42.0 Å². The topological polar surface area (TPSA) is 66.1 Å². The molecule has 28 heavy (non-hydrogen) atoms. The van der Waals surface area contributed by atoms with Gasteiger partial charge in [0.2, 0.25) is 10.0 Å². The van der Waals surface area contributed by atoms with Crippen LogP contribution in [0.1, 0.15) is 28.4 Å². The van der Waals surface area contributed by atoms with E-state index in [0.717, 1.165) is 28.6 Å². The number of alkyl halides is 3. The van der Waals surface area contributed by atoms with E-state index in [9.17, 15) is 26.0 Å². The summed E-state index contributed by atoms with van der Waals surface area (Å²) in [4.78, 5) is -0.259. The van der Waals surface area contributed by atoms with Gasteiger partial charge in [-0.1, -0.05) is 12.1 Å². The van der Waals surface area contributed by atoms with Crippen molar-refractivity contribution in [2.24, 2.45) is 0 Å². The Kier molecular flexibility index (Phi) is 4.27. The van der Waals surface area contributed by atoms with E-state index in [0.29, 0.717) is 16.8 Å². The Balaban J connectivity index is 1.76. The summed E-state index contributed by atoms with van der Waals surface area (Å²) in [6.07, 6.45) is -3.07. The first-order valence-corrected chi connectivity index (χ1v) is 9.58. The molecule has 0 spiro atoms. The van der Waals surface area contributed by atoms with Gasteiger partial charge in [0.25, 0.3) is 0 Å². The Morgan fingerprint density at radius 3 is 2.29 bits per heavy atom. The van der Waals surface area contributed by atoms with Crippen LogP contribution in [0.4, 0.5) is 17.6 Å². The second-order valence-corrected chi connectivity index (χ2v) is 8.22. The molecule has 0 amide bonds. The van der Waals surface area contributed by atoms with Gasteiger partial charge >= 0.3 is 6.18 Å². The lowest BCUT2D eigenvalue weighted by atomic mass is 10.0.